The molecule has 0 heterocycles. The summed E-state index contributed by atoms with van der Waals surface area (Å²) < 4.78 is -10.5. The molecule has 0 unspecified atom stereocenters. The fourth-order valence-electron chi connectivity index (χ4n) is 8.10. The summed E-state index contributed by atoms with van der Waals surface area (Å²) in [7, 11) is 0. The number of rotatable bonds is 18. The van der Waals surface area contributed by atoms with Gasteiger partial charge >= 0.3 is 0 Å². The number of halogens is 18. The van der Waals surface area contributed by atoms with Crippen LogP contribution in [0.1, 0.15) is 57.3 Å². The van der Waals surface area contributed by atoms with E-state index in [0.717, 1.165) is 22.3 Å². The topological polar surface area (TPSA) is 9.23 Å². The summed E-state index contributed by atoms with van der Waals surface area (Å²) in [6, 6.07) is 54.5. The van der Waals surface area contributed by atoms with E-state index in [1.807, 2.05) is 170 Å². The van der Waals surface area contributed by atoms with E-state index >= 15 is 0 Å². The average Bonchev–Trinajstić information content (AvgIpc) is 3.31. The van der Waals surface area contributed by atoms with Gasteiger partial charge in [0.25, 0.3) is 0 Å². The molecule has 6 rings (SSSR count). The number of hydrogen-bond acceptors (Lipinski definition) is 1. The van der Waals surface area contributed by atoms with Gasteiger partial charge in [-0.2, -0.15) is 0 Å². The van der Waals surface area contributed by atoms with Crippen LogP contribution in [0, 0.1) is 0 Å². The molecule has 0 saturated heterocycles. The van der Waals surface area contributed by atoms with Gasteiger partial charge in [0.2, 0.25) is 7.59 Å². The summed E-state index contributed by atoms with van der Waals surface area (Å²) in [4.78, 5) is 0. The first-order valence-electron chi connectivity index (χ1n) is 20.5. The molecule has 0 N–H and O–H groups in total. The second-order valence-corrected chi connectivity index (χ2v) is 28.8. The molecule has 6 aromatic rings. The molecule has 368 valence electrons. The van der Waals surface area contributed by atoms with E-state index in [9.17, 15) is 0 Å². The minimum Gasteiger partial charge on any atom is -0.340 e. The Labute approximate surface area is 492 Å². The Bertz CT molecular complexity index is 2370. The molecule has 6 aromatic carbocycles. The monoisotopic (exact) mass is 1280 g/mol. The number of ether oxygens (including phenoxy) is 1. The van der Waals surface area contributed by atoms with Crippen molar-refractivity contribution in [1.29, 1.82) is 0 Å². The molecule has 0 aromatic heterocycles. The number of alkyl halides is 18. The minimum atomic E-state index is -2.49. The zero-order valence-electron chi connectivity index (χ0n) is 35.2. The van der Waals surface area contributed by atoms with Gasteiger partial charge < -0.3 is 4.74 Å². The zero-order chi connectivity index (χ0) is 51.0. The van der Waals surface area contributed by atoms with Crippen LogP contribution < -0.4 is 0 Å². The lowest BCUT2D eigenvalue weighted by atomic mass is 9.73. The highest BCUT2D eigenvalue weighted by Crippen LogP contribution is 2.65. The predicted molar refractivity (Wildman–Crippen MR) is 303 cm³/mol. The van der Waals surface area contributed by atoms with Crippen LogP contribution in [-0.2, 0) is 28.8 Å². The molecule has 0 aliphatic rings. The maximum Gasteiger partial charge on any atom is 0.226 e. The van der Waals surface area contributed by atoms with Gasteiger partial charge in [-0.05, 0) is 70.2 Å². The highest BCUT2D eigenvalue weighted by molar-refractivity contribution is 6.81. The first-order valence-corrected chi connectivity index (χ1v) is 27.3. The van der Waals surface area contributed by atoms with E-state index in [2.05, 4.69) is 0 Å². The molecular weight excluding hydrogens is 1250 g/mol. The van der Waals surface area contributed by atoms with Gasteiger partial charge in [0, 0.05) is 0 Å². The molecule has 69 heavy (non-hydrogen) atoms. The molecular formula is C50H36Cl18O. The third-order valence-electron chi connectivity index (χ3n) is 11.7. The summed E-state index contributed by atoms with van der Waals surface area (Å²) in [6.45, 7) is 0. The van der Waals surface area contributed by atoms with Crippen molar-refractivity contribution in [2.75, 3.05) is 0 Å². The first-order chi connectivity index (χ1) is 32.0. The third kappa shape index (κ3) is 11.5. The predicted octanol–water partition coefficient (Wildman–Crippen LogP) is 20.6. The molecule has 0 amide bonds. The lowest BCUT2D eigenvalue weighted by Crippen LogP contribution is -2.56. The molecule has 0 bridgehead atoms. The van der Waals surface area contributed by atoms with E-state index in [1.165, 1.54) is 0 Å². The van der Waals surface area contributed by atoms with Gasteiger partial charge in [-0.15, -0.1) is 0 Å². The van der Waals surface area contributed by atoms with Gasteiger partial charge in [-0.25, -0.2) is 0 Å². The zero-order valence-corrected chi connectivity index (χ0v) is 48.8. The molecule has 0 fully saturated rings. The molecule has 19 heteroatoms. The Morgan fingerprint density at radius 1 is 0.275 bits per heavy atom. The second kappa shape index (κ2) is 22.6. The Balaban J connectivity index is 1.67. The second-order valence-electron chi connectivity index (χ2n) is 15.9. The molecule has 0 aliphatic carbocycles. The van der Waals surface area contributed by atoms with Gasteiger partial charge in [0.1, 0.15) is 11.2 Å². The van der Waals surface area contributed by atoms with Crippen LogP contribution in [0.2, 0.25) is 0 Å². The van der Waals surface area contributed by atoms with Gasteiger partial charge in [0.05, 0.1) is 0 Å². The van der Waals surface area contributed by atoms with Crippen molar-refractivity contribution in [3.63, 3.8) is 0 Å². The molecule has 0 aliphatic heterocycles. The van der Waals surface area contributed by atoms with Crippen molar-refractivity contribution in [2.45, 2.75) is 70.5 Å². The fourth-order valence-corrected chi connectivity index (χ4v) is 12.5. The van der Waals surface area contributed by atoms with Crippen molar-refractivity contribution in [2.24, 2.45) is 0 Å². The molecule has 0 saturated carbocycles. The van der Waals surface area contributed by atoms with Crippen molar-refractivity contribution < 1.29 is 4.74 Å². The van der Waals surface area contributed by atoms with Crippen LogP contribution in [0.5, 0.6) is 0 Å². The smallest absolute Gasteiger partial charge is 0.226 e. The quantitative estimate of drug-likeness (QED) is 0.0616. The first kappa shape index (κ1) is 58.8. The lowest BCUT2D eigenvalue weighted by molar-refractivity contribution is -0.0818. The Kier molecular flexibility index (Phi) is 19.2. The summed E-state index contributed by atoms with van der Waals surface area (Å²) in [5, 5.41) is 0. The van der Waals surface area contributed by atoms with Crippen LogP contribution in [0.3, 0.4) is 0 Å². The van der Waals surface area contributed by atoms with Gasteiger partial charge in [-0.3, -0.25) is 0 Å². The fraction of sp³-hybridized carbons (Fsp3) is 0.280. The molecule has 0 atom stereocenters. The van der Waals surface area contributed by atoms with E-state index in [0.29, 0.717) is 22.3 Å². The molecule has 0 spiro atoms. The van der Waals surface area contributed by atoms with Crippen molar-refractivity contribution >= 4 is 209 Å². The van der Waals surface area contributed by atoms with Crippen molar-refractivity contribution in [1.82, 2.24) is 0 Å². The molecule has 1 nitrogen and oxygen atoms in total. The average molecular weight is 1290 g/mol. The number of hydrogen-bond donors (Lipinski definition) is 0. The maximum absolute atomic E-state index is 8.39. The van der Waals surface area contributed by atoms with E-state index in [1.54, 1.807) is 0 Å². The normalized spacial score (nSPS) is 13.9. The van der Waals surface area contributed by atoms with Crippen molar-refractivity contribution in [3.8, 4) is 0 Å². The van der Waals surface area contributed by atoms with E-state index < -0.39 is 44.8 Å². The lowest BCUT2D eigenvalue weighted by Gasteiger charge is -2.48. The van der Waals surface area contributed by atoms with Crippen LogP contribution in [0.15, 0.2) is 170 Å². The standard InChI is InChI=1S/C50H36Cl18O/c51-41(52,45(55,56)47(59,60)49(63,64)65)31-29-33-17-13-15-27-39(33)43(35-19-5-1-6-20-35,36-21-7-2-8-22-36)69-44(37-23-9-3-10-24-37,38-25-11-4-12-26-38)40-28-16-14-18-34(40)30-32-42(53,54)46(57,58)48(61,62)50(66,67)68/h1-28H,29-32H2. The van der Waals surface area contributed by atoms with E-state index in [-0.39, 0.29) is 25.7 Å². The Hall–Kier alpha value is 0.500. The van der Waals surface area contributed by atoms with Crippen molar-refractivity contribution in [3.05, 3.63) is 214 Å². The maximum atomic E-state index is 8.39. The van der Waals surface area contributed by atoms with E-state index in [4.69, 9.17) is 214 Å². The van der Waals surface area contributed by atoms with Crippen LogP contribution in [-0.4, -0.2) is 33.6 Å². The largest absolute Gasteiger partial charge is 0.340 e. The number of aryl methyl sites for hydroxylation is 2. The Morgan fingerprint density at radius 2 is 0.507 bits per heavy atom. The van der Waals surface area contributed by atoms with Gasteiger partial charge in [0.15, 0.2) is 26.0 Å². The summed E-state index contributed by atoms with van der Waals surface area (Å²) in [6.07, 6.45) is -0.0823. The summed E-state index contributed by atoms with van der Waals surface area (Å²) >= 11 is 119. The third-order valence-corrected chi connectivity index (χ3v) is 22.6. The summed E-state index contributed by atoms with van der Waals surface area (Å²) in [5.74, 6) is 0. The van der Waals surface area contributed by atoms with Gasteiger partial charge in [-0.1, -0.05) is 379 Å². The SMILES string of the molecule is ClC(Cl)(Cl)C(Cl)(Cl)C(Cl)(Cl)C(Cl)(Cl)CCc1ccccc1C(OC(c1ccccc1)(c1ccccc1)c1ccccc1CCC(Cl)(Cl)C(Cl)(Cl)C(Cl)(Cl)C(Cl)(Cl)Cl)(c1ccccc1)c1ccccc1. The highest BCUT2D eigenvalue weighted by Gasteiger charge is 2.69. The van der Waals surface area contributed by atoms with Crippen LogP contribution in [0.4, 0.5) is 0 Å². The number of benzene rings is 6. The Morgan fingerprint density at radius 3 is 0.754 bits per heavy atom. The minimum absolute atomic E-state index is 0.113. The highest BCUT2D eigenvalue weighted by atomic mass is 35.6. The molecule has 0 radical (unpaired) electrons. The summed E-state index contributed by atoms with van der Waals surface area (Å²) in [5.41, 5.74) is 2.72. The van der Waals surface area contributed by atoms with Crippen LogP contribution >= 0.6 is 209 Å². The van der Waals surface area contributed by atoms with Crippen LogP contribution in [0.25, 0.3) is 0 Å².